The fourth-order valence-corrected chi connectivity index (χ4v) is 2.87. The topological polar surface area (TPSA) is 67.6 Å². The summed E-state index contributed by atoms with van der Waals surface area (Å²) in [7, 11) is 3.60. The second-order valence-corrected chi connectivity index (χ2v) is 5.73. The fraction of sp³-hybridized carbons (Fsp3) is 0.562. The highest BCUT2D eigenvalue weighted by Gasteiger charge is 2.27. The third-order valence-electron chi connectivity index (χ3n) is 4.37. The zero-order valence-corrected chi connectivity index (χ0v) is 13.1. The fourth-order valence-electron chi connectivity index (χ4n) is 2.87. The maximum absolute atomic E-state index is 12.4. The van der Waals surface area contributed by atoms with Crippen LogP contribution in [0.2, 0.25) is 0 Å². The molecule has 0 heterocycles. The molecule has 2 rings (SSSR count). The summed E-state index contributed by atoms with van der Waals surface area (Å²) < 4.78 is 5.26. The van der Waals surface area contributed by atoms with Crippen LogP contribution in [-0.4, -0.2) is 37.0 Å². The highest BCUT2D eigenvalue weighted by atomic mass is 16.5. The molecule has 3 N–H and O–H groups in total. The van der Waals surface area contributed by atoms with Crippen LogP contribution >= 0.6 is 0 Å². The monoisotopic (exact) mass is 291 g/mol. The van der Waals surface area contributed by atoms with Crippen molar-refractivity contribution in [2.75, 3.05) is 25.2 Å². The highest BCUT2D eigenvalue weighted by Crippen LogP contribution is 2.28. The lowest BCUT2D eigenvalue weighted by Gasteiger charge is -2.29. The molecule has 0 aromatic heterocycles. The summed E-state index contributed by atoms with van der Waals surface area (Å²) in [6.07, 6.45) is 4.87. The van der Waals surface area contributed by atoms with Gasteiger partial charge in [-0.3, -0.25) is 9.69 Å². The molecule has 0 radical (unpaired) electrons. The van der Waals surface area contributed by atoms with Crippen molar-refractivity contribution in [1.29, 1.82) is 0 Å². The quantitative estimate of drug-likeness (QED) is 0.818. The number of methoxy groups -OCH3 is 1. The summed E-state index contributed by atoms with van der Waals surface area (Å²) in [5.74, 6) is 0.585. The summed E-state index contributed by atoms with van der Waals surface area (Å²) in [6.45, 7) is 1.94. The van der Waals surface area contributed by atoms with Crippen molar-refractivity contribution in [1.82, 2.24) is 4.90 Å². The molecule has 1 fully saturated rings. The van der Waals surface area contributed by atoms with Crippen molar-refractivity contribution >= 4 is 17.3 Å². The molecule has 1 saturated carbocycles. The molecular formula is C16H25N3O2. The molecule has 1 aliphatic rings. The maximum atomic E-state index is 12.4. The van der Waals surface area contributed by atoms with Crippen molar-refractivity contribution in [3.63, 3.8) is 0 Å². The summed E-state index contributed by atoms with van der Waals surface area (Å²) in [5.41, 5.74) is 7.00. The maximum Gasteiger partial charge on any atom is 0.241 e. The molecule has 21 heavy (non-hydrogen) atoms. The van der Waals surface area contributed by atoms with E-state index in [0.717, 1.165) is 0 Å². The molecule has 0 bridgehead atoms. The molecule has 0 saturated heterocycles. The van der Waals surface area contributed by atoms with Gasteiger partial charge in [-0.15, -0.1) is 0 Å². The van der Waals surface area contributed by atoms with Crippen LogP contribution in [0.4, 0.5) is 11.4 Å². The third-order valence-corrected chi connectivity index (χ3v) is 4.37. The summed E-state index contributed by atoms with van der Waals surface area (Å²) in [4.78, 5) is 14.6. The van der Waals surface area contributed by atoms with Crippen LogP contribution in [0.1, 0.15) is 32.6 Å². The molecule has 5 heteroatoms. The first-order valence-corrected chi connectivity index (χ1v) is 7.49. The zero-order valence-electron chi connectivity index (χ0n) is 13.1. The van der Waals surface area contributed by atoms with Gasteiger partial charge < -0.3 is 15.8 Å². The number of nitrogens with one attached hydrogen (secondary N) is 1. The van der Waals surface area contributed by atoms with Crippen molar-refractivity contribution in [2.24, 2.45) is 0 Å². The Bertz CT molecular complexity index is 498. The number of nitrogens with zero attached hydrogens (tertiary/aromatic N) is 1. The van der Waals surface area contributed by atoms with Crippen molar-refractivity contribution < 1.29 is 9.53 Å². The zero-order chi connectivity index (χ0) is 15.4. The molecular weight excluding hydrogens is 266 g/mol. The van der Waals surface area contributed by atoms with E-state index in [1.807, 2.05) is 14.0 Å². The first-order chi connectivity index (χ1) is 10.0. The van der Waals surface area contributed by atoms with Gasteiger partial charge in [-0.2, -0.15) is 0 Å². The Morgan fingerprint density at radius 2 is 2.10 bits per heavy atom. The average Bonchev–Trinajstić information content (AvgIpc) is 3.00. The Kier molecular flexibility index (Phi) is 5.07. The minimum Gasteiger partial charge on any atom is -0.495 e. The van der Waals surface area contributed by atoms with Crippen molar-refractivity contribution in [3.05, 3.63) is 18.2 Å². The minimum atomic E-state index is -0.181. The summed E-state index contributed by atoms with van der Waals surface area (Å²) in [6, 6.07) is 5.56. The molecule has 0 aliphatic heterocycles. The van der Waals surface area contributed by atoms with Gasteiger partial charge in [0.2, 0.25) is 5.91 Å². The Balaban J connectivity index is 2.04. The van der Waals surface area contributed by atoms with Crippen LogP contribution in [0.3, 0.4) is 0 Å². The standard InChI is InChI=1S/C16H25N3O2/c1-11(19(2)13-6-4-5-7-13)16(20)18-14-10-12(17)8-9-15(14)21-3/h8-11,13H,4-7,17H2,1-3H3,(H,18,20). The number of benzene rings is 1. The number of hydrogen-bond acceptors (Lipinski definition) is 4. The van der Waals surface area contributed by atoms with E-state index in [1.54, 1.807) is 25.3 Å². The number of anilines is 2. The van der Waals surface area contributed by atoms with E-state index in [-0.39, 0.29) is 11.9 Å². The second kappa shape index (κ2) is 6.80. The van der Waals surface area contributed by atoms with Crippen LogP contribution in [0.25, 0.3) is 0 Å². The number of ether oxygens (including phenoxy) is 1. The molecule has 1 aromatic rings. The molecule has 1 aliphatic carbocycles. The van der Waals surface area contributed by atoms with Gasteiger partial charge in [0.1, 0.15) is 5.75 Å². The molecule has 1 aromatic carbocycles. The lowest BCUT2D eigenvalue weighted by atomic mass is 10.1. The Labute approximate surface area is 126 Å². The van der Waals surface area contributed by atoms with E-state index >= 15 is 0 Å². The number of carbonyl (C=O) groups excluding carboxylic acids is 1. The smallest absolute Gasteiger partial charge is 0.241 e. The number of likely N-dealkylation sites (N-methyl/N-ethyl adjacent to an activating group) is 1. The summed E-state index contributed by atoms with van der Waals surface area (Å²) in [5, 5.41) is 2.92. The van der Waals surface area contributed by atoms with Gasteiger partial charge in [0.05, 0.1) is 18.8 Å². The SMILES string of the molecule is COc1ccc(N)cc1NC(=O)C(C)N(C)C1CCCC1. The van der Waals surface area contributed by atoms with Gasteiger partial charge in [-0.25, -0.2) is 0 Å². The van der Waals surface area contributed by atoms with Crippen LogP contribution in [0.15, 0.2) is 18.2 Å². The largest absolute Gasteiger partial charge is 0.495 e. The van der Waals surface area contributed by atoms with E-state index in [1.165, 1.54) is 25.7 Å². The first-order valence-electron chi connectivity index (χ1n) is 7.49. The van der Waals surface area contributed by atoms with Gasteiger partial charge in [0, 0.05) is 11.7 Å². The number of nitrogens with two attached hydrogens (primary N) is 1. The van der Waals surface area contributed by atoms with Crippen LogP contribution in [0.5, 0.6) is 5.75 Å². The van der Waals surface area contributed by atoms with E-state index in [4.69, 9.17) is 10.5 Å². The second-order valence-electron chi connectivity index (χ2n) is 5.73. The van der Waals surface area contributed by atoms with Gasteiger partial charge in [0.25, 0.3) is 0 Å². The molecule has 116 valence electrons. The minimum absolute atomic E-state index is 0.0340. The Hall–Kier alpha value is -1.75. The number of hydrogen-bond donors (Lipinski definition) is 2. The number of nitrogen functional groups attached to an aromatic ring is 1. The van der Waals surface area contributed by atoms with Crippen LogP contribution < -0.4 is 15.8 Å². The lowest BCUT2D eigenvalue weighted by molar-refractivity contribution is -0.121. The van der Waals surface area contributed by atoms with Gasteiger partial charge in [0.15, 0.2) is 0 Å². The Morgan fingerprint density at radius 1 is 1.43 bits per heavy atom. The molecule has 0 spiro atoms. The van der Waals surface area contributed by atoms with Crippen LogP contribution in [0, 0.1) is 0 Å². The Morgan fingerprint density at radius 3 is 2.71 bits per heavy atom. The molecule has 1 atom stereocenters. The van der Waals surface area contributed by atoms with Gasteiger partial charge >= 0.3 is 0 Å². The number of carbonyl (C=O) groups is 1. The van der Waals surface area contributed by atoms with Gasteiger partial charge in [-0.05, 0) is 45.0 Å². The number of rotatable bonds is 5. The van der Waals surface area contributed by atoms with E-state index in [0.29, 0.717) is 23.2 Å². The highest BCUT2D eigenvalue weighted by molar-refractivity contribution is 5.96. The van der Waals surface area contributed by atoms with Gasteiger partial charge in [-0.1, -0.05) is 12.8 Å². The number of amides is 1. The lowest BCUT2D eigenvalue weighted by Crippen LogP contribution is -2.44. The predicted octanol–water partition coefficient (Wildman–Crippen LogP) is 2.48. The van der Waals surface area contributed by atoms with E-state index in [2.05, 4.69) is 10.2 Å². The average molecular weight is 291 g/mol. The normalized spacial score (nSPS) is 17.0. The van der Waals surface area contributed by atoms with E-state index in [9.17, 15) is 4.79 Å². The van der Waals surface area contributed by atoms with Crippen LogP contribution in [-0.2, 0) is 4.79 Å². The first kappa shape index (κ1) is 15.6. The molecule has 5 nitrogen and oxygen atoms in total. The molecule has 1 unspecified atom stereocenters. The predicted molar refractivity (Wildman–Crippen MR) is 85.5 cm³/mol. The van der Waals surface area contributed by atoms with Crippen molar-refractivity contribution in [2.45, 2.75) is 44.7 Å². The molecule has 1 amide bonds. The summed E-state index contributed by atoms with van der Waals surface area (Å²) >= 11 is 0. The van der Waals surface area contributed by atoms with E-state index < -0.39 is 0 Å². The third kappa shape index (κ3) is 3.67. The van der Waals surface area contributed by atoms with Crippen molar-refractivity contribution in [3.8, 4) is 5.75 Å².